The summed E-state index contributed by atoms with van der Waals surface area (Å²) in [7, 11) is 0. The van der Waals surface area contributed by atoms with Crippen molar-refractivity contribution >= 4 is 46.6 Å². The van der Waals surface area contributed by atoms with Crippen LogP contribution in [0, 0.1) is 0 Å². The first-order chi connectivity index (χ1) is 15.1. The Kier molecular flexibility index (Phi) is 6.52. The van der Waals surface area contributed by atoms with Crippen LogP contribution in [0.4, 0.5) is 16.2 Å². The number of urea groups is 1. The number of amides is 3. The molecule has 3 amide bonds. The maximum Gasteiger partial charge on any atom is 0.321 e. The van der Waals surface area contributed by atoms with E-state index < -0.39 is 0 Å². The summed E-state index contributed by atoms with van der Waals surface area (Å²) >= 11 is 6.18. The van der Waals surface area contributed by atoms with Gasteiger partial charge in [0.1, 0.15) is 5.65 Å². The Morgan fingerprint density at radius 2 is 1.61 bits per heavy atom. The van der Waals surface area contributed by atoms with Crippen LogP contribution in [-0.2, 0) is 4.79 Å². The third-order valence-electron chi connectivity index (χ3n) is 5.21. The van der Waals surface area contributed by atoms with Crippen LogP contribution < -0.4 is 10.6 Å². The Morgan fingerprint density at radius 1 is 0.935 bits per heavy atom. The zero-order valence-electron chi connectivity index (χ0n) is 17.1. The van der Waals surface area contributed by atoms with E-state index in [0.29, 0.717) is 27.9 Å². The summed E-state index contributed by atoms with van der Waals surface area (Å²) < 4.78 is 1.81. The molecule has 3 heterocycles. The molecular weight excluding hydrogens is 414 g/mol. The van der Waals surface area contributed by atoms with Gasteiger partial charge in [0.15, 0.2) is 5.15 Å². The number of imidazole rings is 1. The highest BCUT2D eigenvalue weighted by molar-refractivity contribution is 6.31. The summed E-state index contributed by atoms with van der Waals surface area (Å²) in [6, 6.07) is 12.6. The Balaban J connectivity index is 1.35. The third-order valence-corrected chi connectivity index (χ3v) is 5.49. The van der Waals surface area contributed by atoms with Crippen LogP contribution in [0.1, 0.15) is 31.4 Å². The lowest BCUT2D eigenvalue weighted by Gasteiger charge is -2.20. The number of carbonyl (C=O) groups excluding carboxylic acids is 2. The van der Waals surface area contributed by atoms with E-state index in [0.717, 1.165) is 25.9 Å². The molecule has 4 rings (SSSR count). The van der Waals surface area contributed by atoms with Gasteiger partial charge in [0.25, 0.3) is 0 Å². The lowest BCUT2D eigenvalue weighted by Crippen LogP contribution is -2.35. The smallest absolute Gasteiger partial charge is 0.321 e. The summed E-state index contributed by atoms with van der Waals surface area (Å²) in [4.78, 5) is 30.8. The zero-order valence-corrected chi connectivity index (χ0v) is 17.8. The number of nitrogens with zero attached hydrogens (tertiary/aromatic N) is 3. The summed E-state index contributed by atoms with van der Waals surface area (Å²) in [5.41, 5.74) is 2.68. The minimum atomic E-state index is -0.289. The largest absolute Gasteiger partial charge is 0.325 e. The molecular formula is C23H24ClN5O2. The summed E-state index contributed by atoms with van der Waals surface area (Å²) in [6.45, 7) is 1.59. The molecule has 2 aromatic heterocycles. The van der Waals surface area contributed by atoms with Gasteiger partial charge in [-0.1, -0.05) is 30.5 Å². The second-order valence-electron chi connectivity index (χ2n) is 7.45. The van der Waals surface area contributed by atoms with E-state index >= 15 is 0 Å². The highest BCUT2D eigenvalue weighted by Gasteiger charge is 2.15. The number of halogens is 1. The van der Waals surface area contributed by atoms with Gasteiger partial charge in [-0.3, -0.25) is 9.20 Å². The monoisotopic (exact) mass is 437 g/mol. The Bertz CT molecular complexity index is 1100. The van der Waals surface area contributed by atoms with E-state index in [4.69, 9.17) is 11.6 Å². The third kappa shape index (κ3) is 5.24. The molecule has 0 bridgehead atoms. The average Bonchev–Trinajstić information content (AvgIpc) is 2.93. The van der Waals surface area contributed by atoms with Gasteiger partial charge in [-0.15, -0.1) is 0 Å². The number of hydrogen-bond acceptors (Lipinski definition) is 3. The zero-order chi connectivity index (χ0) is 21.6. The molecule has 1 aliphatic rings. The van der Waals surface area contributed by atoms with Crippen molar-refractivity contribution in [2.75, 3.05) is 23.7 Å². The van der Waals surface area contributed by atoms with Crippen molar-refractivity contribution in [2.45, 2.75) is 25.7 Å². The van der Waals surface area contributed by atoms with Gasteiger partial charge >= 0.3 is 6.03 Å². The lowest BCUT2D eigenvalue weighted by atomic mass is 10.2. The second-order valence-corrected chi connectivity index (χ2v) is 7.81. The predicted molar refractivity (Wildman–Crippen MR) is 123 cm³/mol. The highest BCUT2D eigenvalue weighted by Crippen LogP contribution is 2.19. The number of benzene rings is 1. The van der Waals surface area contributed by atoms with Gasteiger partial charge in [-0.25, -0.2) is 9.78 Å². The minimum Gasteiger partial charge on any atom is -0.325 e. The van der Waals surface area contributed by atoms with Crippen molar-refractivity contribution in [3.05, 3.63) is 65.6 Å². The Labute approximate surface area is 185 Å². The van der Waals surface area contributed by atoms with Crippen molar-refractivity contribution in [2.24, 2.45) is 0 Å². The van der Waals surface area contributed by atoms with E-state index in [1.807, 2.05) is 33.7 Å². The first-order valence-electron chi connectivity index (χ1n) is 10.4. The molecule has 8 heteroatoms. The fraction of sp³-hybridized carbons (Fsp3) is 0.261. The molecule has 0 aliphatic carbocycles. The normalized spacial score (nSPS) is 14.5. The first-order valence-corrected chi connectivity index (χ1v) is 10.8. The average molecular weight is 438 g/mol. The van der Waals surface area contributed by atoms with E-state index in [1.54, 1.807) is 30.3 Å². The van der Waals surface area contributed by atoms with Crippen LogP contribution in [0.15, 0.2) is 54.7 Å². The van der Waals surface area contributed by atoms with E-state index in [2.05, 4.69) is 15.6 Å². The molecule has 1 aliphatic heterocycles. The molecule has 31 heavy (non-hydrogen) atoms. The molecule has 0 radical (unpaired) electrons. The first kappa shape index (κ1) is 20.9. The summed E-state index contributed by atoms with van der Waals surface area (Å²) in [5.74, 6) is -0.289. The fourth-order valence-corrected chi connectivity index (χ4v) is 3.83. The van der Waals surface area contributed by atoms with Crippen LogP contribution in [0.2, 0.25) is 5.15 Å². The van der Waals surface area contributed by atoms with Crippen LogP contribution in [-0.4, -0.2) is 39.3 Å². The number of carbonyl (C=O) groups is 2. The van der Waals surface area contributed by atoms with Gasteiger partial charge in [-0.2, -0.15) is 0 Å². The highest BCUT2D eigenvalue weighted by atomic mass is 35.5. The van der Waals surface area contributed by atoms with Gasteiger partial charge in [0.05, 0.1) is 5.69 Å². The van der Waals surface area contributed by atoms with Crippen LogP contribution in [0.3, 0.4) is 0 Å². The molecule has 7 nitrogen and oxygen atoms in total. The minimum absolute atomic E-state index is 0.0773. The van der Waals surface area contributed by atoms with Crippen molar-refractivity contribution in [1.82, 2.24) is 14.3 Å². The molecule has 0 atom stereocenters. The van der Waals surface area contributed by atoms with Crippen molar-refractivity contribution in [3.8, 4) is 0 Å². The van der Waals surface area contributed by atoms with Crippen molar-refractivity contribution in [3.63, 3.8) is 0 Å². The number of fused-ring (bicyclic) bond motifs is 1. The standard InChI is InChI=1S/C23H24ClN5O2/c24-22-19(29-16-6-3-7-20(29)27-22)12-13-21(30)25-17-8-10-18(11-9-17)26-23(31)28-14-4-1-2-5-15-28/h3,6-13,16H,1-2,4-5,14-15H2,(H,25,30)(H,26,31)/b13-12+. The summed E-state index contributed by atoms with van der Waals surface area (Å²) in [6.07, 6.45) is 9.33. The molecule has 3 aromatic rings. The lowest BCUT2D eigenvalue weighted by molar-refractivity contribution is -0.111. The fourth-order valence-electron chi connectivity index (χ4n) is 3.59. The van der Waals surface area contributed by atoms with Crippen LogP contribution >= 0.6 is 11.6 Å². The molecule has 1 aromatic carbocycles. The Morgan fingerprint density at radius 3 is 2.32 bits per heavy atom. The van der Waals surface area contributed by atoms with Crippen molar-refractivity contribution < 1.29 is 9.59 Å². The van der Waals surface area contributed by atoms with Gasteiger partial charge < -0.3 is 15.5 Å². The van der Waals surface area contributed by atoms with Gasteiger partial charge in [-0.05, 0) is 55.3 Å². The predicted octanol–water partition coefficient (Wildman–Crippen LogP) is 5.05. The molecule has 0 unspecified atom stereocenters. The number of nitrogens with one attached hydrogen (secondary N) is 2. The van der Waals surface area contributed by atoms with E-state index in [1.165, 1.54) is 18.9 Å². The van der Waals surface area contributed by atoms with Gasteiger partial charge in [0, 0.05) is 36.7 Å². The quantitative estimate of drug-likeness (QED) is 0.561. The number of likely N-dealkylation sites (tertiary alicyclic amines) is 1. The van der Waals surface area contributed by atoms with Crippen molar-refractivity contribution in [1.29, 1.82) is 0 Å². The molecule has 0 saturated carbocycles. The number of pyridine rings is 1. The molecule has 0 spiro atoms. The maximum absolute atomic E-state index is 12.4. The van der Waals surface area contributed by atoms with Crippen LogP contribution in [0.5, 0.6) is 0 Å². The number of hydrogen-bond donors (Lipinski definition) is 2. The molecule has 1 saturated heterocycles. The summed E-state index contributed by atoms with van der Waals surface area (Å²) in [5, 5.41) is 6.06. The van der Waals surface area contributed by atoms with E-state index in [-0.39, 0.29) is 11.9 Å². The van der Waals surface area contributed by atoms with E-state index in [9.17, 15) is 9.59 Å². The number of aromatic nitrogens is 2. The van der Waals surface area contributed by atoms with Crippen LogP contribution in [0.25, 0.3) is 11.7 Å². The molecule has 1 fully saturated rings. The number of rotatable bonds is 4. The number of anilines is 2. The van der Waals surface area contributed by atoms with Gasteiger partial charge in [0.2, 0.25) is 5.91 Å². The maximum atomic E-state index is 12.4. The SMILES string of the molecule is O=C(/C=C/c1c(Cl)nc2ccccn12)Nc1ccc(NC(=O)N2CCCCCC2)cc1. The molecule has 160 valence electrons. The second kappa shape index (κ2) is 9.66. The topological polar surface area (TPSA) is 78.7 Å². The molecule has 2 N–H and O–H groups in total. The Hall–Kier alpha value is -3.32.